The highest BCUT2D eigenvalue weighted by Gasteiger charge is 2.23. The van der Waals surface area contributed by atoms with Crippen LogP contribution in [-0.4, -0.2) is 39.4 Å². The van der Waals surface area contributed by atoms with Gasteiger partial charge in [-0.15, -0.1) is 0 Å². The highest BCUT2D eigenvalue weighted by molar-refractivity contribution is 6.32. The molecule has 0 heterocycles. The van der Waals surface area contributed by atoms with Gasteiger partial charge in [-0.3, -0.25) is 0 Å². The molecule has 28 heavy (non-hydrogen) atoms. The fourth-order valence-electron chi connectivity index (χ4n) is 2.47. The van der Waals surface area contributed by atoms with Crippen LogP contribution in [0.4, 0.5) is 14.9 Å². The maximum atomic E-state index is 13.1. The molecule has 9 heteroatoms. The average molecular weight is 411 g/mol. The first-order valence-corrected chi connectivity index (χ1v) is 8.57. The van der Waals surface area contributed by atoms with Crippen molar-refractivity contribution >= 4 is 29.3 Å². The van der Waals surface area contributed by atoms with Crippen LogP contribution in [0.1, 0.15) is 5.56 Å². The Bertz CT molecular complexity index is 845. The number of carbonyl (C=O) groups excluding carboxylic acids is 2. The molecule has 2 aromatic carbocycles. The molecule has 1 unspecified atom stereocenters. The van der Waals surface area contributed by atoms with Gasteiger partial charge < -0.3 is 24.8 Å². The number of rotatable bonds is 7. The molecule has 1 atom stereocenters. The van der Waals surface area contributed by atoms with E-state index in [4.69, 9.17) is 25.8 Å². The number of hydrogen-bond donors (Lipinski definition) is 2. The Morgan fingerprint density at radius 2 is 1.71 bits per heavy atom. The minimum atomic E-state index is -0.977. The monoisotopic (exact) mass is 410 g/mol. The molecule has 2 amide bonds. The molecule has 0 aromatic heterocycles. The van der Waals surface area contributed by atoms with Crippen LogP contribution < -0.4 is 20.1 Å². The van der Waals surface area contributed by atoms with Gasteiger partial charge in [-0.2, -0.15) is 0 Å². The lowest BCUT2D eigenvalue weighted by molar-refractivity contribution is -0.142. The first-order valence-electron chi connectivity index (χ1n) is 8.19. The van der Waals surface area contributed by atoms with Crippen LogP contribution in [0.15, 0.2) is 36.4 Å². The number of esters is 1. The van der Waals surface area contributed by atoms with E-state index in [0.29, 0.717) is 17.1 Å². The molecule has 0 saturated heterocycles. The molecule has 0 aliphatic heterocycles. The standard InChI is InChI=1S/C19H20ClFN2O5/c1-26-16-10-17(27-2)14(9-13(16)20)22-19(25)23-15(18(24)28-3)8-11-4-6-12(21)7-5-11/h4-7,9-10,15H,8H2,1-3H3,(H2,22,23,25). The van der Waals surface area contributed by atoms with E-state index >= 15 is 0 Å². The smallest absolute Gasteiger partial charge is 0.328 e. The maximum Gasteiger partial charge on any atom is 0.328 e. The van der Waals surface area contributed by atoms with Gasteiger partial charge in [0.1, 0.15) is 23.4 Å². The maximum absolute atomic E-state index is 13.1. The molecule has 0 saturated carbocycles. The third-order valence-electron chi connectivity index (χ3n) is 3.87. The Balaban J connectivity index is 2.14. The zero-order valence-electron chi connectivity index (χ0n) is 15.5. The minimum absolute atomic E-state index is 0.126. The number of carbonyl (C=O) groups is 2. The van der Waals surface area contributed by atoms with Crippen LogP contribution in [0.2, 0.25) is 5.02 Å². The number of nitrogens with one attached hydrogen (secondary N) is 2. The summed E-state index contributed by atoms with van der Waals surface area (Å²) in [5.74, 6) is -0.329. The van der Waals surface area contributed by atoms with Crippen LogP contribution in [0.5, 0.6) is 11.5 Å². The molecular weight excluding hydrogens is 391 g/mol. The van der Waals surface area contributed by atoms with Gasteiger partial charge in [-0.25, -0.2) is 14.0 Å². The summed E-state index contributed by atoms with van der Waals surface area (Å²) in [4.78, 5) is 24.4. The molecule has 0 bridgehead atoms. The normalized spacial score (nSPS) is 11.3. The topological polar surface area (TPSA) is 85.9 Å². The van der Waals surface area contributed by atoms with E-state index in [1.807, 2.05) is 0 Å². The van der Waals surface area contributed by atoms with Crippen molar-refractivity contribution in [2.75, 3.05) is 26.6 Å². The summed E-state index contributed by atoms with van der Waals surface area (Å²) in [6.45, 7) is 0. The predicted molar refractivity (Wildman–Crippen MR) is 103 cm³/mol. The number of benzene rings is 2. The van der Waals surface area contributed by atoms with Crippen LogP contribution in [0, 0.1) is 5.82 Å². The summed E-state index contributed by atoms with van der Waals surface area (Å²) in [7, 11) is 4.10. The minimum Gasteiger partial charge on any atom is -0.495 e. The van der Waals surface area contributed by atoms with Crippen LogP contribution in [-0.2, 0) is 16.0 Å². The van der Waals surface area contributed by atoms with Crippen molar-refractivity contribution in [2.24, 2.45) is 0 Å². The van der Waals surface area contributed by atoms with Crippen molar-refractivity contribution in [3.8, 4) is 11.5 Å². The van der Waals surface area contributed by atoms with Crippen molar-refractivity contribution in [2.45, 2.75) is 12.5 Å². The molecule has 2 rings (SSSR count). The number of anilines is 1. The number of hydrogen-bond acceptors (Lipinski definition) is 5. The summed E-state index contributed by atoms with van der Waals surface area (Å²) in [6, 6.07) is 6.93. The van der Waals surface area contributed by atoms with Crippen LogP contribution in [0.3, 0.4) is 0 Å². The van der Waals surface area contributed by atoms with E-state index in [9.17, 15) is 14.0 Å². The molecule has 2 N–H and O–H groups in total. The molecule has 0 aliphatic rings. The molecule has 0 spiro atoms. The summed E-state index contributed by atoms with van der Waals surface area (Å²) in [5.41, 5.74) is 0.943. The fourth-order valence-corrected chi connectivity index (χ4v) is 2.71. The van der Waals surface area contributed by atoms with Crippen LogP contribution >= 0.6 is 11.6 Å². The zero-order chi connectivity index (χ0) is 20.7. The van der Waals surface area contributed by atoms with E-state index in [0.717, 1.165) is 0 Å². The molecule has 150 valence electrons. The third kappa shape index (κ3) is 5.50. The van der Waals surface area contributed by atoms with Gasteiger partial charge in [0.25, 0.3) is 0 Å². The second kappa shape index (κ2) is 9.80. The Labute approximate surface area is 166 Å². The molecule has 7 nitrogen and oxygen atoms in total. The SMILES string of the molecule is COC(=O)C(Cc1ccc(F)cc1)NC(=O)Nc1cc(Cl)c(OC)cc1OC. The van der Waals surface area contributed by atoms with Gasteiger partial charge in [0.05, 0.1) is 32.0 Å². The molecule has 0 fully saturated rings. The van der Waals surface area contributed by atoms with Gasteiger partial charge in [0.2, 0.25) is 0 Å². The highest BCUT2D eigenvalue weighted by Crippen LogP contribution is 2.35. The van der Waals surface area contributed by atoms with Crippen molar-refractivity contribution in [3.05, 3.63) is 52.8 Å². The van der Waals surface area contributed by atoms with Gasteiger partial charge in [-0.05, 0) is 23.8 Å². The van der Waals surface area contributed by atoms with E-state index in [2.05, 4.69) is 10.6 Å². The Hall–Kier alpha value is -3.00. The number of methoxy groups -OCH3 is 3. The lowest BCUT2D eigenvalue weighted by Gasteiger charge is -2.18. The zero-order valence-corrected chi connectivity index (χ0v) is 16.3. The Morgan fingerprint density at radius 1 is 1.07 bits per heavy atom. The lowest BCUT2D eigenvalue weighted by Crippen LogP contribution is -2.45. The summed E-state index contributed by atoms with van der Waals surface area (Å²) in [5, 5.41) is 5.38. The molecule has 0 radical (unpaired) electrons. The number of ether oxygens (including phenoxy) is 3. The summed E-state index contributed by atoms with van der Waals surface area (Å²) < 4.78 is 28.1. The van der Waals surface area contributed by atoms with Crippen molar-refractivity contribution in [1.29, 1.82) is 0 Å². The van der Waals surface area contributed by atoms with Crippen LogP contribution in [0.25, 0.3) is 0 Å². The quantitative estimate of drug-likeness (QED) is 0.683. The predicted octanol–water partition coefficient (Wildman–Crippen LogP) is 3.40. The van der Waals surface area contributed by atoms with E-state index in [1.165, 1.54) is 57.7 Å². The Morgan fingerprint density at radius 3 is 2.29 bits per heavy atom. The van der Waals surface area contributed by atoms with E-state index in [-0.39, 0.29) is 17.1 Å². The number of halogens is 2. The van der Waals surface area contributed by atoms with Gasteiger partial charge in [0.15, 0.2) is 0 Å². The van der Waals surface area contributed by atoms with Crippen molar-refractivity contribution in [3.63, 3.8) is 0 Å². The van der Waals surface area contributed by atoms with Gasteiger partial charge >= 0.3 is 12.0 Å². The number of amides is 2. The second-order valence-corrected chi connectivity index (χ2v) is 6.10. The summed E-state index contributed by atoms with van der Waals surface area (Å²) in [6.07, 6.45) is 0.126. The fraction of sp³-hybridized carbons (Fsp3) is 0.263. The van der Waals surface area contributed by atoms with E-state index < -0.39 is 23.9 Å². The molecular formula is C19H20ClFN2O5. The molecule has 2 aromatic rings. The lowest BCUT2D eigenvalue weighted by atomic mass is 10.1. The second-order valence-electron chi connectivity index (χ2n) is 5.69. The third-order valence-corrected chi connectivity index (χ3v) is 4.16. The first-order chi connectivity index (χ1) is 13.4. The van der Waals surface area contributed by atoms with Gasteiger partial charge in [-0.1, -0.05) is 23.7 Å². The number of urea groups is 1. The molecule has 0 aliphatic carbocycles. The van der Waals surface area contributed by atoms with E-state index in [1.54, 1.807) is 0 Å². The average Bonchev–Trinajstić information content (AvgIpc) is 2.68. The van der Waals surface area contributed by atoms with Crippen molar-refractivity contribution in [1.82, 2.24) is 5.32 Å². The highest BCUT2D eigenvalue weighted by atomic mass is 35.5. The largest absolute Gasteiger partial charge is 0.495 e. The van der Waals surface area contributed by atoms with Gasteiger partial charge in [0, 0.05) is 12.5 Å². The summed E-state index contributed by atoms with van der Waals surface area (Å²) >= 11 is 6.08. The first kappa shape index (κ1) is 21.3. The van der Waals surface area contributed by atoms with Crippen molar-refractivity contribution < 1.29 is 28.2 Å². The Kier molecular flexibility index (Phi) is 7.45.